The largest absolute Gasteiger partial charge is 0.290 e. The topological polar surface area (TPSA) is 20.3 Å². The van der Waals surface area contributed by atoms with Crippen molar-refractivity contribution in [3.63, 3.8) is 0 Å². The lowest BCUT2D eigenvalue weighted by atomic mass is 9.93. The number of hydrogen-bond acceptors (Lipinski definition) is 3. The molecule has 1 saturated heterocycles. The highest BCUT2D eigenvalue weighted by Gasteiger charge is 2.37. The minimum Gasteiger partial charge on any atom is -0.290 e. The van der Waals surface area contributed by atoms with Gasteiger partial charge in [0.15, 0.2) is 0 Å². The third kappa shape index (κ3) is 3.01. The average Bonchev–Trinajstić information content (AvgIpc) is 2.75. The molecule has 1 unspecified atom stereocenters. The molecule has 1 atom stereocenters. The molecule has 0 aromatic rings. The number of rotatable bonds is 2. The summed E-state index contributed by atoms with van der Waals surface area (Å²) in [5.41, 5.74) is 0. The third-order valence-corrected chi connectivity index (χ3v) is 5.81. The van der Waals surface area contributed by atoms with Crippen LogP contribution in [0.5, 0.6) is 0 Å². The van der Waals surface area contributed by atoms with E-state index in [1.54, 1.807) is 0 Å². The van der Waals surface area contributed by atoms with Crippen molar-refractivity contribution in [3.8, 4) is 0 Å². The number of allylic oxidation sites excluding steroid dienone is 3. The molecule has 2 fully saturated rings. The fraction of sp³-hybridized carbons (Fsp3) is 0.625. The number of hydrogen-bond donors (Lipinski definition) is 0. The van der Waals surface area contributed by atoms with Crippen LogP contribution in [0.4, 0.5) is 0 Å². The molecule has 4 heteroatoms. The number of amides is 1. The number of thiocarbonyl (C=S) groups is 1. The molecule has 0 spiro atoms. The van der Waals surface area contributed by atoms with Crippen molar-refractivity contribution in [2.24, 2.45) is 5.92 Å². The first-order valence-electron chi connectivity index (χ1n) is 7.68. The quantitative estimate of drug-likeness (QED) is 0.428. The van der Waals surface area contributed by atoms with Gasteiger partial charge in [-0.2, -0.15) is 0 Å². The van der Waals surface area contributed by atoms with Gasteiger partial charge in [0.2, 0.25) is 0 Å². The Balaban J connectivity index is 1.72. The van der Waals surface area contributed by atoms with Crippen LogP contribution in [0.2, 0.25) is 0 Å². The molecule has 0 aromatic heterocycles. The van der Waals surface area contributed by atoms with Crippen LogP contribution in [0, 0.1) is 5.92 Å². The van der Waals surface area contributed by atoms with E-state index in [9.17, 15) is 4.79 Å². The predicted molar refractivity (Wildman–Crippen MR) is 88.5 cm³/mol. The highest BCUT2D eigenvalue weighted by Crippen LogP contribution is 2.37. The second kappa shape index (κ2) is 6.44. The molecule has 1 heterocycles. The van der Waals surface area contributed by atoms with Gasteiger partial charge in [-0.15, -0.1) is 0 Å². The molecule has 1 saturated carbocycles. The Kier molecular flexibility index (Phi) is 4.61. The maximum Gasteiger partial charge on any atom is 0.266 e. The number of carbonyl (C=O) groups is 1. The molecular formula is C16H21NOS2. The molecule has 3 rings (SSSR count). The molecule has 2 nitrogen and oxygen atoms in total. The van der Waals surface area contributed by atoms with E-state index in [0.29, 0.717) is 12.0 Å². The van der Waals surface area contributed by atoms with Crippen LogP contribution in [-0.2, 0) is 4.79 Å². The van der Waals surface area contributed by atoms with Crippen LogP contribution < -0.4 is 0 Å². The fourth-order valence-corrected chi connectivity index (χ4v) is 4.80. The summed E-state index contributed by atoms with van der Waals surface area (Å²) in [5.74, 6) is 0.682. The normalized spacial score (nSPS) is 30.5. The molecule has 3 aliphatic rings. The first kappa shape index (κ1) is 14.3. The second-order valence-electron chi connectivity index (χ2n) is 5.91. The number of carbonyl (C=O) groups excluding carboxylic acids is 1. The highest BCUT2D eigenvalue weighted by molar-refractivity contribution is 8.26. The van der Waals surface area contributed by atoms with Crippen LogP contribution in [-0.4, -0.2) is 21.2 Å². The molecule has 20 heavy (non-hydrogen) atoms. The van der Waals surface area contributed by atoms with Crippen molar-refractivity contribution in [1.82, 2.24) is 4.90 Å². The summed E-state index contributed by atoms with van der Waals surface area (Å²) in [5, 5.41) is 0. The van der Waals surface area contributed by atoms with E-state index in [4.69, 9.17) is 12.2 Å². The van der Waals surface area contributed by atoms with E-state index in [2.05, 4.69) is 18.2 Å². The minimum atomic E-state index is 0.168. The lowest BCUT2D eigenvalue weighted by molar-refractivity contribution is -0.124. The van der Waals surface area contributed by atoms with Gasteiger partial charge in [-0.1, -0.05) is 61.5 Å². The SMILES string of the molecule is O=C1C(=CC2CC=CCC2)SC(=S)N1C1CCCCC1. The van der Waals surface area contributed by atoms with Crippen molar-refractivity contribution >= 4 is 34.2 Å². The van der Waals surface area contributed by atoms with E-state index < -0.39 is 0 Å². The summed E-state index contributed by atoms with van der Waals surface area (Å²) in [7, 11) is 0. The van der Waals surface area contributed by atoms with Crippen LogP contribution in [0.1, 0.15) is 51.4 Å². The highest BCUT2D eigenvalue weighted by atomic mass is 32.2. The number of nitrogens with zero attached hydrogens (tertiary/aromatic N) is 1. The lowest BCUT2D eigenvalue weighted by Gasteiger charge is -2.29. The maximum absolute atomic E-state index is 12.6. The zero-order valence-electron chi connectivity index (χ0n) is 11.7. The van der Waals surface area contributed by atoms with Gasteiger partial charge in [0.1, 0.15) is 4.32 Å². The summed E-state index contributed by atoms with van der Waals surface area (Å²) in [6.07, 6.45) is 16.0. The van der Waals surface area contributed by atoms with Crippen molar-refractivity contribution in [1.29, 1.82) is 0 Å². The molecule has 0 N–H and O–H groups in total. The van der Waals surface area contributed by atoms with E-state index in [1.165, 1.54) is 31.0 Å². The van der Waals surface area contributed by atoms with Gasteiger partial charge in [0, 0.05) is 6.04 Å². The van der Waals surface area contributed by atoms with Gasteiger partial charge in [-0.25, -0.2) is 0 Å². The van der Waals surface area contributed by atoms with Crippen LogP contribution in [0.25, 0.3) is 0 Å². The van der Waals surface area contributed by atoms with Crippen molar-refractivity contribution in [2.45, 2.75) is 57.4 Å². The van der Waals surface area contributed by atoms with Gasteiger partial charge in [0.25, 0.3) is 5.91 Å². The van der Waals surface area contributed by atoms with Crippen LogP contribution >= 0.6 is 24.0 Å². The summed E-state index contributed by atoms with van der Waals surface area (Å²) in [4.78, 5) is 15.4. The smallest absolute Gasteiger partial charge is 0.266 e. The van der Waals surface area contributed by atoms with Crippen molar-refractivity contribution < 1.29 is 4.79 Å². The van der Waals surface area contributed by atoms with Crippen LogP contribution in [0.15, 0.2) is 23.1 Å². The van der Waals surface area contributed by atoms with Gasteiger partial charge in [-0.05, 0) is 38.0 Å². The summed E-state index contributed by atoms with van der Waals surface area (Å²) in [6.45, 7) is 0. The Morgan fingerprint density at radius 3 is 2.70 bits per heavy atom. The van der Waals surface area contributed by atoms with Gasteiger partial charge in [0.05, 0.1) is 4.91 Å². The van der Waals surface area contributed by atoms with Crippen molar-refractivity contribution in [2.75, 3.05) is 0 Å². The lowest BCUT2D eigenvalue weighted by Crippen LogP contribution is -2.39. The predicted octanol–water partition coefficient (Wildman–Crippen LogP) is 4.42. The van der Waals surface area contributed by atoms with Gasteiger partial charge in [-0.3, -0.25) is 9.69 Å². The Morgan fingerprint density at radius 2 is 2.00 bits per heavy atom. The summed E-state index contributed by atoms with van der Waals surface area (Å²) in [6, 6.07) is 0.355. The fourth-order valence-electron chi connectivity index (χ4n) is 3.33. The Bertz CT molecular complexity index is 463. The first-order chi connectivity index (χ1) is 9.75. The molecular weight excluding hydrogens is 286 g/mol. The third-order valence-electron chi connectivity index (χ3n) is 4.46. The second-order valence-corrected chi connectivity index (χ2v) is 7.59. The standard InChI is InChI=1S/C16H21NOS2/c18-15-14(11-12-7-3-1-4-8-12)20-16(19)17(15)13-9-5-2-6-10-13/h1,3,11-13H,2,4-10H2. The summed E-state index contributed by atoms with van der Waals surface area (Å²) >= 11 is 6.97. The van der Waals surface area contributed by atoms with Gasteiger partial charge >= 0.3 is 0 Å². The van der Waals surface area contributed by atoms with Crippen LogP contribution in [0.3, 0.4) is 0 Å². The van der Waals surface area contributed by atoms with E-state index >= 15 is 0 Å². The van der Waals surface area contributed by atoms with Crippen molar-refractivity contribution in [3.05, 3.63) is 23.1 Å². The monoisotopic (exact) mass is 307 g/mol. The average molecular weight is 307 g/mol. The maximum atomic E-state index is 12.6. The van der Waals surface area contributed by atoms with E-state index in [0.717, 1.165) is 41.3 Å². The molecule has 1 aliphatic heterocycles. The first-order valence-corrected chi connectivity index (χ1v) is 8.90. The van der Waals surface area contributed by atoms with Gasteiger partial charge < -0.3 is 0 Å². The minimum absolute atomic E-state index is 0.168. The molecule has 0 bridgehead atoms. The zero-order valence-corrected chi connectivity index (χ0v) is 13.3. The Hall–Kier alpha value is -0.610. The Labute approximate surface area is 130 Å². The molecule has 0 radical (unpaired) electrons. The molecule has 0 aromatic carbocycles. The molecule has 1 amide bonds. The number of thioether (sulfide) groups is 1. The summed E-state index contributed by atoms with van der Waals surface area (Å²) < 4.78 is 0.777. The zero-order chi connectivity index (χ0) is 13.9. The van der Waals surface area contributed by atoms with E-state index in [1.807, 2.05) is 4.90 Å². The molecule has 2 aliphatic carbocycles. The van der Waals surface area contributed by atoms with E-state index in [-0.39, 0.29) is 5.91 Å². The Morgan fingerprint density at radius 1 is 1.20 bits per heavy atom. The molecule has 108 valence electrons.